The van der Waals surface area contributed by atoms with Crippen molar-refractivity contribution in [1.29, 1.82) is 0 Å². The molecule has 0 aliphatic carbocycles. The highest BCUT2D eigenvalue weighted by Crippen LogP contribution is 2.32. The van der Waals surface area contributed by atoms with Crippen molar-refractivity contribution in [2.75, 3.05) is 44.3 Å². The molecule has 0 unspecified atom stereocenters. The smallest absolute Gasteiger partial charge is 0.270 e. The van der Waals surface area contributed by atoms with Gasteiger partial charge in [0, 0.05) is 26.2 Å². The van der Waals surface area contributed by atoms with Crippen LogP contribution in [0.4, 0.5) is 9.52 Å². The maximum Gasteiger partial charge on any atom is 0.270 e. The number of fused-ring (bicyclic) bond motifs is 1. The zero-order chi connectivity index (χ0) is 18.8. The maximum absolute atomic E-state index is 14.1. The second-order valence-corrected chi connectivity index (χ2v) is 8.82. The highest BCUT2D eigenvalue weighted by Gasteiger charge is 2.24. The molecule has 0 saturated carbocycles. The van der Waals surface area contributed by atoms with Crippen LogP contribution in [0.5, 0.6) is 0 Å². The van der Waals surface area contributed by atoms with Gasteiger partial charge in [0.2, 0.25) is 0 Å². The summed E-state index contributed by atoms with van der Waals surface area (Å²) in [5, 5.41) is 0.498. The molecule has 0 radical (unpaired) electrons. The molecule has 3 heterocycles. The second-order valence-electron chi connectivity index (χ2n) is 6.10. The number of nitrogens with zero attached hydrogens (tertiary/aromatic N) is 3. The average molecular weight is 426 g/mol. The van der Waals surface area contributed by atoms with Crippen molar-refractivity contribution in [2.45, 2.75) is 0 Å². The topological polar surface area (TPSA) is 45.7 Å². The molecule has 0 bridgehead atoms. The van der Waals surface area contributed by atoms with E-state index in [0.717, 1.165) is 17.8 Å². The van der Waals surface area contributed by atoms with Crippen LogP contribution in [0.25, 0.3) is 10.2 Å². The fraction of sp³-hybridized carbons (Fsp3) is 0.333. The van der Waals surface area contributed by atoms with Gasteiger partial charge in [-0.3, -0.25) is 14.6 Å². The number of amides is 1. The van der Waals surface area contributed by atoms with Crippen LogP contribution in [-0.4, -0.2) is 55.2 Å². The summed E-state index contributed by atoms with van der Waals surface area (Å²) in [6.07, 6.45) is 0. The first kappa shape index (κ1) is 18.8. The van der Waals surface area contributed by atoms with Gasteiger partial charge in [-0.1, -0.05) is 29.0 Å². The third-order valence-electron chi connectivity index (χ3n) is 4.36. The van der Waals surface area contributed by atoms with E-state index in [1.54, 1.807) is 23.1 Å². The van der Waals surface area contributed by atoms with E-state index in [2.05, 4.69) is 9.88 Å². The van der Waals surface area contributed by atoms with Crippen LogP contribution in [0.3, 0.4) is 0 Å². The average Bonchev–Trinajstić information content (AvgIpc) is 3.30. The van der Waals surface area contributed by atoms with Crippen LogP contribution < -0.4 is 4.90 Å². The van der Waals surface area contributed by atoms with E-state index >= 15 is 0 Å². The third-order valence-corrected chi connectivity index (χ3v) is 6.62. The lowest BCUT2D eigenvalue weighted by molar-refractivity contribution is 0.0391. The van der Waals surface area contributed by atoms with Crippen LogP contribution in [0, 0.1) is 5.82 Å². The quantitative estimate of drug-likeness (QED) is 0.616. The van der Waals surface area contributed by atoms with Gasteiger partial charge in [0.15, 0.2) is 5.13 Å². The summed E-state index contributed by atoms with van der Waals surface area (Å²) < 4.78 is 20.7. The molecule has 3 aromatic rings. The fourth-order valence-corrected chi connectivity index (χ4v) is 4.93. The number of anilines is 1. The molecule has 0 N–H and O–H groups in total. The maximum atomic E-state index is 14.1. The molecular weight excluding hydrogens is 409 g/mol. The molecule has 1 aliphatic rings. The Bertz CT molecular complexity index is 955. The van der Waals surface area contributed by atoms with E-state index in [4.69, 9.17) is 16.3 Å². The van der Waals surface area contributed by atoms with Crippen LogP contribution in [0.1, 0.15) is 9.67 Å². The van der Waals surface area contributed by atoms with Crippen molar-refractivity contribution in [1.82, 2.24) is 9.88 Å². The number of carbonyl (C=O) groups is 1. The van der Waals surface area contributed by atoms with Crippen LogP contribution >= 0.6 is 34.3 Å². The molecule has 1 amide bonds. The Morgan fingerprint density at radius 3 is 2.78 bits per heavy atom. The summed E-state index contributed by atoms with van der Waals surface area (Å²) in [5.74, 6) is -0.547. The van der Waals surface area contributed by atoms with Crippen molar-refractivity contribution in [3.05, 3.63) is 45.4 Å². The minimum atomic E-state index is -0.380. The van der Waals surface area contributed by atoms with Gasteiger partial charge in [-0.05, 0) is 24.3 Å². The number of morpholine rings is 1. The van der Waals surface area contributed by atoms with Crippen molar-refractivity contribution < 1.29 is 13.9 Å². The van der Waals surface area contributed by atoms with Gasteiger partial charge in [-0.25, -0.2) is 9.37 Å². The molecule has 9 heteroatoms. The largest absolute Gasteiger partial charge is 0.379 e. The van der Waals surface area contributed by atoms with Gasteiger partial charge in [0.1, 0.15) is 11.3 Å². The number of rotatable bonds is 5. The standard InChI is InChI=1S/C18H17ClFN3O2S2/c19-15-5-4-14(26-15)17(24)23(7-6-22-8-10-25-11-9-22)18-21-16-12(20)2-1-3-13(16)27-18/h1-5H,6-11H2. The number of ether oxygens (including phenoxy) is 1. The SMILES string of the molecule is O=C(c1ccc(Cl)s1)N(CCN1CCOCC1)c1nc2c(F)cccc2s1. The van der Waals surface area contributed by atoms with E-state index in [0.29, 0.717) is 46.2 Å². The highest BCUT2D eigenvalue weighted by atomic mass is 35.5. The van der Waals surface area contributed by atoms with Gasteiger partial charge in [0.05, 0.1) is 27.1 Å². The third kappa shape index (κ3) is 4.14. The summed E-state index contributed by atoms with van der Waals surface area (Å²) in [7, 11) is 0. The highest BCUT2D eigenvalue weighted by molar-refractivity contribution is 7.22. The van der Waals surface area contributed by atoms with E-state index in [-0.39, 0.29) is 11.7 Å². The monoisotopic (exact) mass is 425 g/mol. The number of halogens is 2. The Labute approximate surface area is 168 Å². The van der Waals surface area contributed by atoms with Crippen molar-refractivity contribution in [2.24, 2.45) is 0 Å². The summed E-state index contributed by atoms with van der Waals surface area (Å²) in [6.45, 7) is 4.23. The molecule has 2 aromatic heterocycles. The fourth-order valence-electron chi connectivity index (χ4n) is 2.93. The van der Waals surface area contributed by atoms with Crippen molar-refractivity contribution in [3.8, 4) is 0 Å². The Kier molecular flexibility index (Phi) is 5.70. The van der Waals surface area contributed by atoms with Gasteiger partial charge in [-0.15, -0.1) is 11.3 Å². The summed E-state index contributed by atoms with van der Waals surface area (Å²) >= 11 is 8.55. The number of aromatic nitrogens is 1. The lowest BCUT2D eigenvalue weighted by Gasteiger charge is -2.29. The molecule has 142 valence electrons. The second kappa shape index (κ2) is 8.20. The zero-order valence-corrected chi connectivity index (χ0v) is 16.7. The molecule has 1 aliphatic heterocycles. The summed E-state index contributed by atoms with van der Waals surface area (Å²) in [5.41, 5.74) is 0.297. The Morgan fingerprint density at radius 1 is 1.26 bits per heavy atom. The molecule has 5 nitrogen and oxygen atoms in total. The Morgan fingerprint density at radius 2 is 2.07 bits per heavy atom. The molecular formula is C18H17ClFN3O2S2. The van der Waals surface area contributed by atoms with Crippen molar-refractivity contribution in [3.63, 3.8) is 0 Å². The molecule has 27 heavy (non-hydrogen) atoms. The molecule has 1 aromatic carbocycles. The lowest BCUT2D eigenvalue weighted by atomic mass is 10.3. The van der Waals surface area contributed by atoms with Crippen molar-refractivity contribution >= 4 is 55.5 Å². The number of hydrogen-bond acceptors (Lipinski definition) is 6. The van der Waals surface area contributed by atoms with Crippen LogP contribution in [0.2, 0.25) is 4.34 Å². The number of thiophene rings is 1. The molecule has 0 atom stereocenters. The van der Waals surface area contributed by atoms with Gasteiger partial charge in [-0.2, -0.15) is 0 Å². The lowest BCUT2D eigenvalue weighted by Crippen LogP contribution is -2.43. The number of thiazole rings is 1. The van der Waals surface area contributed by atoms with Gasteiger partial charge < -0.3 is 4.74 Å². The van der Waals surface area contributed by atoms with Gasteiger partial charge in [0.25, 0.3) is 5.91 Å². The Balaban J connectivity index is 1.63. The molecule has 1 saturated heterocycles. The Hall–Kier alpha value is -1.58. The van der Waals surface area contributed by atoms with Gasteiger partial charge >= 0.3 is 0 Å². The summed E-state index contributed by atoms with van der Waals surface area (Å²) in [6, 6.07) is 8.26. The summed E-state index contributed by atoms with van der Waals surface area (Å²) in [4.78, 5) is 21.9. The number of carbonyl (C=O) groups excluding carboxylic acids is 1. The first-order chi connectivity index (χ1) is 13.1. The van der Waals surface area contributed by atoms with E-state index in [9.17, 15) is 9.18 Å². The number of benzene rings is 1. The van der Waals surface area contributed by atoms with E-state index in [1.807, 2.05) is 6.07 Å². The first-order valence-electron chi connectivity index (χ1n) is 8.54. The molecule has 1 fully saturated rings. The molecule has 4 rings (SSSR count). The minimum absolute atomic E-state index is 0.167. The predicted octanol–water partition coefficient (Wildman–Crippen LogP) is 4.13. The van der Waals surface area contributed by atoms with Crippen LogP contribution in [0.15, 0.2) is 30.3 Å². The minimum Gasteiger partial charge on any atom is -0.379 e. The first-order valence-corrected chi connectivity index (χ1v) is 10.6. The molecule has 0 spiro atoms. The normalized spacial score (nSPS) is 15.3. The number of hydrogen-bond donors (Lipinski definition) is 0. The van der Waals surface area contributed by atoms with E-state index in [1.165, 1.54) is 28.7 Å². The zero-order valence-electron chi connectivity index (χ0n) is 14.4. The van der Waals surface area contributed by atoms with Crippen LogP contribution in [-0.2, 0) is 4.74 Å². The predicted molar refractivity (Wildman–Crippen MR) is 108 cm³/mol. The van der Waals surface area contributed by atoms with E-state index < -0.39 is 0 Å². The number of para-hydroxylation sites is 1.